The van der Waals surface area contributed by atoms with Gasteiger partial charge in [0.25, 0.3) is 0 Å². The van der Waals surface area contributed by atoms with Gasteiger partial charge in [0, 0.05) is 28.4 Å². The number of ether oxygens (including phenoxy) is 4. The van der Waals surface area contributed by atoms with Crippen LogP contribution >= 0.6 is 0 Å². The highest BCUT2D eigenvalue weighted by atomic mass is 16.7. The lowest BCUT2D eigenvalue weighted by Crippen LogP contribution is -2.82. The molecule has 4 bridgehead atoms. The van der Waals surface area contributed by atoms with Gasteiger partial charge in [0.15, 0.2) is 0 Å². The normalized spacial score (nSPS) is 42.4. The lowest BCUT2D eigenvalue weighted by atomic mass is 9.42. The molecule has 4 aliphatic carbocycles. The smallest absolute Gasteiger partial charge is 0.209 e. The van der Waals surface area contributed by atoms with Crippen molar-refractivity contribution < 1.29 is 18.9 Å². The Labute approximate surface area is 144 Å². The highest BCUT2D eigenvalue weighted by Gasteiger charge is 2.78. The van der Waals surface area contributed by atoms with Gasteiger partial charge >= 0.3 is 0 Å². The first-order valence-corrected chi connectivity index (χ1v) is 8.87. The van der Waals surface area contributed by atoms with E-state index in [1.165, 1.54) is 12.0 Å². The zero-order chi connectivity index (χ0) is 17.0. The van der Waals surface area contributed by atoms with E-state index in [0.717, 1.165) is 19.3 Å². The van der Waals surface area contributed by atoms with Crippen LogP contribution in [-0.4, -0.2) is 45.9 Å². The summed E-state index contributed by atoms with van der Waals surface area (Å²) in [6, 6.07) is 10.7. The molecule has 4 saturated carbocycles. The van der Waals surface area contributed by atoms with E-state index in [1.807, 2.05) is 0 Å². The molecular weight excluding hydrogens is 304 g/mol. The second-order valence-electron chi connectivity index (χ2n) is 7.70. The molecule has 4 aliphatic rings. The van der Waals surface area contributed by atoms with Crippen LogP contribution in [0.4, 0.5) is 0 Å². The van der Waals surface area contributed by atoms with Crippen molar-refractivity contribution in [3.05, 3.63) is 35.9 Å². The minimum atomic E-state index is -0.843. The third kappa shape index (κ3) is 1.68. The van der Waals surface area contributed by atoms with Crippen LogP contribution in [0.1, 0.15) is 31.2 Å². The molecule has 0 spiro atoms. The monoisotopic (exact) mass is 332 g/mol. The number of hydrogen-bond donors (Lipinski definition) is 0. The summed E-state index contributed by atoms with van der Waals surface area (Å²) in [5, 5.41) is 0. The third-order valence-electron chi connectivity index (χ3n) is 7.07. The van der Waals surface area contributed by atoms with E-state index < -0.39 is 11.4 Å². The zero-order valence-electron chi connectivity index (χ0n) is 15.1. The van der Waals surface area contributed by atoms with Gasteiger partial charge in [0.2, 0.25) is 5.79 Å². The van der Waals surface area contributed by atoms with Gasteiger partial charge < -0.3 is 18.9 Å². The van der Waals surface area contributed by atoms with E-state index in [-0.39, 0.29) is 11.5 Å². The Morgan fingerprint density at radius 3 is 2.17 bits per heavy atom. The predicted molar refractivity (Wildman–Crippen MR) is 90.9 cm³/mol. The Hall–Kier alpha value is -0.940. The van der Waals surface area contributed by atoms with Crippen molar-refractivity contribution >= 4 is 0 Å². The topological polar surface area (TPSA) is 36.9 Å². The Balaban J connectivity index is 1.97. The van der Waals surface area contributed by atoms with Gasteiger partial charge in [-0.3, -0.25) is 0 Å². The van der Waals surface area contributed by atoms with Gasteiger partial charge in [-0.15, -0.1) is 0 Å². The number of benzene rings is 1. The van der Waals surface area contributed by atoms with Gasteiger partial charge in [-0.2, -0.15) is 0 Å². The third-order valence-corrected chi connectivity index (χ3v) is 7.07. The van der Waals surface area contributed by atoms with Gasteiger partial charge in [-0.25, -0.2) is 0 Å². The minimum absolute atomic E-state index is 0.00390. The highest BCUT2D eigenvalue weighted by Crippen LogP contribution is 2.69. The SMILES string of the molecule is COC1C2CC3CC(c4ccccc4)(C2)C(OC)(OC)C1(OC)C3. The quantitative estimate of drug-likeness (QED) is 0.776. The Bertz CT molecular complexity index is 599. The van der Waals surface area contributed by atoms with Crippen molar-refractivity contribution in [2.45, 2.75) is 48.6 Å². The van der Waals surface area contributed by atoms with Crippen LogP contribution in [0.3, 0.4) is 0 Å². The molecule has 1 aromatic carbocycles. The predicted octanol–water partition coefficient (Wildman–Crippen LogP) is 3.15. The molecule has 5 unspecified atom stereocenters. The summed E-state index contributed by atoms with van der Waals surface area (Å²) in [7, 11) is 7.08. The first-order chi connectivity index (χ1) is 11.6. The lowest BCUT2D eigenvalue weighted by Gasteiger charge is -2.71. The summed E-state index contributed by atoms with van der Waals surface area (Å²) in [5.74, 6) is 0.249. The Morgan fingerprint density at radius 2 is 1.58 bits per heavy atom. The number of hydrogen-bond acceptors (Lipinski definition) is 4. The number of methoxy groups -OCH3 is 4. The lowest BCUT2D eigenvalue weighted by molar-refractivity contribution is -0.417. The summed E-state index contributed by atoms with van der Waals surface area (Å²) in [6.07, 6.45) is 4.22. The average molecular weight is 332 g/mol. The Morgan fingerprint density at radius 1 is 0.875 bits per heavy atom. The maximum Gasteiger partial charge on any atom is 0.209 e. The molecule has 5 rings (SSSR count). The van der Waals surface area contributed by atoms with Gasteiger partial charge in [0.1, 0.15) is 5.60 Å². The Kier molecular flexibility index (Phi) is 3.81. The molecule has 0 N–H and O–H groups in total. The number of rotatable bonds is 5. The van der Waals surface area contributed by atoms with Crippen molar-refractivity contribution in [1.82, 2.24) is 0 Å². The van der Waals surface area contributed by atoms with Crippen LogP contribution in [-0.2, 0) is 24.4 Å². The molecule has 0 radical (unpaired) electrons. The summed E-state index contributed by atoms with van der Waals surface area (Å²) >= 11 is 0. The van der Waals surface area contributed by atoms with Gasteiger partial charge in [-0.1, -0.05) is 30.3 Å². The van der Waals surface area contributed by atoms with E-state index in [4.69, 9.17) is 18.9 Å². The molecule has 4 heteroatoms. The molecule has 4 fully saturated rings. The first kappa shape index (κ1) is 16.5. The zero-order valence-corrected chi connectivity index (χ0v) is 15.1. The highest BCUT2D eigenvalue weighted by molar-refractivity contribution is 5.38. The van der Waals surface area contributed by atoms with Crippen molar-refractivity contribution in [1.29, 1.82) is 0 Å². The van der Waals surface area contributed by atoms with Crippen molar-refractivity contribution in [2.24, 2.45) is 11.8 Å². The van der Waals surface area contributed by atoms with Gasteiger partial charge in [-0.05, 0) is 43.1 Å². The van der Waals surface area contributed by atoms with Crippen LogP contribution in [0.25, 0.3) is 0 Å². The average Bonchev–Trinajstić information content (AvgIpc) is 2.63. The summed E-state index contributed by atoms with van der Waals surface area (Å²) in [6.45, 7) is 0. The standard InChI is InChI=1S/C20H28O4/c1-21-17-15-10-14-11-18(13-15,16-8-6-5-7-9-16)20(23-3,24-4)19(17,12-14)22-2/h5-9,14-15,17H,10-13H2,1-4H3. The molecule has 24 heavy (non-hydrogen) atoms. The molecule has 0 aliphatic heterocycles. The van der Waals surface area contributed by atoms with Crippen molar-refractivity contribution in [2.75, 3.05) is 28.4 Å². The molecule has 132 valence electrons. The molecule has 0 aromatic heterocycles. The van der Waals surface area contributed by atoms with E-state index in [9.17, 15) is 0 Å². The van der Waals surface area contributed by atoms with Crippen LogP contribution in [0.2, 0.25) is 0 Å². The van der Waals surface area contributed by atoms with E-state index in [0.29, 0.717) is 11.8 Å². The van der Waals surface area contributed by atoms with Crippen LogP contribution in [0.5, 0.6) is 0 Å². The molecule has 0 heterocycles. The van der Waals surface area contributed by atoms with Crippen molar-refractivity contribution in [3.8, 4) is 0 Å². The molecule has 0 amide bonds. The fourth-order valence-electron chi connectivity index (χ4n) is 6.65. The molecule has 4 nitrogen and oxygen atoms in total. The summed E-state index contributed by atoms with van der Waals surface area (Å²) in [4.78, 5) is 0. The molecule has 1 aromatic rings. The van der Waals surface area contributed by atoms with E-state index in [2.05, 4.69) is 30.3 Å². The molecule has 5 atom stereocenters. The largest absolute Gasteiger partial charge is 0.378 e. The maximum absolute atomic E-state index is 6.22. The summed E-state index contributed by atoms with van der Waals surface area (Å²) in [5.41, 5.74) is 0.513. The second kappa shape index (κ2) is 5.53. The van der Waals surface area contributed by atoms with Crippen LogP contribution in [0, 0.1) is 11.8 Å². The molecule has 0 saturated heterocycles. The van der Waals surface area contributed by atoms with E-state index in [1.54, 1.807) is 28.4 Å². The van der Waals surface area contributed by atoms with Crippen LogP contribution in [0.15, 0.2) is 30.3 Å². The fraction of sp³-hybridized carbons (Fsp3) is 0.700. The summed E-state index contributed by atoms with van der Waals surface area (Å²) < 4.78 is 24.6. The van der Waals surface area contributed by atoms with E-state index >= 15 is 0 Å². The maximum atomic E-state index is 6.22. The minimum Gasteiger partial charge on any atom is -0.378 e. The second-order valence-corrected chi connectivity index (χ2v) is 7.70. The van der Waals surface area contributed by atoms with Crippen LogP contribution < -0.4 is 0 Å². The van der Waals surface area contributed by atoms with Crippen molar-refractivity contribution in [3.63, 3.8) is 0 Å². The first-order valence-electron chi connectivity index (χ1n) is 8.87. The van der Waals surface area contributed by atoms with Gasteiger partial charge in [0.05, 0.1) is 11.5 Å². The fourth-order valence-corrected chi connectivity index (χ4v) is 6.65. The molecular formula is C20H28O4.